The number of nitrogens with one attached hydrogen (secondary N) is 2. The molecule has 0 heterocycles. The Morgan fingerprint density at radius 2 is 1.88 bits per heavy atom. The molecule has 0 aliphatic carbocycles. The molecule has 0 aromatic rings. The van der Waals surface area contributed by atoms with Crippen molar-refractivity contribution in [3.63, 3.8) is 0 Å². The summed E-state index contributed by atoms with van der Waals surface area (Å²) in [6.07, 6.45) is 3.65. The Bertz CT molecular complexity index is 237. The van der Waals surface area contributed by atoms with Crippen LogP contribution in [0.3, 0.4) is 0 Å². The van der Waals surface area contributed by atoms with Crippen molar-refractivity contribution < 1.29 is 14.7 Å². The van der Waals surface area contributed by atoms with Crippen LogP contribution in [0.15, 0.2) is 0 Å². The molecular formula is C11H22N2O3S. The minimum absolute atomic E-state index is 0.149. The lowest BCUT2D eigenvalue weighted by Crippen LogP contribution is -2.37. The maximum atomic E-state index is 11.2. The highest BCUT2D eigenvalue weighted by atomic mass is 32.2. The fourth-order valence-corrected chi connectivity index (χ4v) is 1.58. The largest absolute Gasteiger partial charge is 0.481 e. The summed E-state index contributed by atoms with van der Waals surface area (Å²) < 4.78 is 0. The Morgan fingerprint density at radius 1 is 1.24 bits per heavy atom. The summed E-state index contributed by atoms with van der Waals surface area (Å²) in [7, 11) is 0. The summed E-state index contributed by atoms with van der Waals surface area (Å²) >= 11 is 1.68. The van der Waals surface area contributed by atoms with Gasteiger partial charge in [0.1, 0.15) is 0 Å². The second-order valence-electron chi connectivity index (χ2n) is 4.00. The number of hydrogen-bond acceptors (Lipinski definition) is 3. The molecule has 0 aliphatic rings. The number of rotatable bonds is 9. The molecule has 0 aromatic heterocycles. The van der Waals surface area contributed by atoms with Gasteiger partial charge in [0.15, 0.2) is 0 Å². The lowest BCUT2D eigenvalue weighted by atomic mass is 10.0. The standard InChI is InChI=1S/C11H22N2O3S/c1-9(3-4-10(14)15)5-6-12-11(16)13-7-8-17-2/h9H,3-8H2,1-2H3,(H,14,15)(H2,12,13,16). The van der Waals surface area contributed by atoms with E-state index in [1.807, 2.05) is 13.2 Å². The first kappa shape index (κ1) is 16.1. The van der Waals surface area contributed by atoms with Gasteiger partial charge in [0, 0.05) is 25.3 Å². The van der Waals surface area contributed by atoms with Gasteiger partial charge in [-0.3, -0.25) is 4.79 Å². The third-order valence-corrected chi connectivity index (χ3v) is 2.98. The van der Waals surface area contributed by atoms with E-state index in [0.29, 0.717) is 25.4 Å². The first-order valence-electron chi connectivity index (χ1n) is 5.78. The summed E-state index contributed by atoms with van der Waals surface area (Å²) in [6, 6.07) is -0.149. The number of carboxylic acids is 1. The molecular weight excluding hydrogens is 240 g/mol. The van der Waals surface area contributed by atoms with E-state index in [2.05, 4.69) is 10.6 Å². The van der Waals surface area contributed by atoms with Gasteiger partial charge in [0.2, 0.25) is 0 Å². The Balaban J connectivity index is 3.42. The van der Waals surface area contributed by atoms with Crippen LogP contribution in [0.25, 0.3) is 0 Å². The van der Waals surface area contributed by atoms with Crippen molar-refractivity contribution in [2.24, 2.45) is 5.92 Å². The molecule has 5 nitrogen and oxygen atoms in total. The number of carbonyl (C=O) groups is 2. The van der Waals surface area contributed by atoms with E-state index in [1.54, 1.807) is 11.8 Å². The molecule has 1 unspecified atom stereocenters. The van der Waals surface area contributed by atoms with E-state index in [4.69, 9.17) is 5.11 Å². The van der Waals surface area contributed by atoms with Gasteiger partial charge >= 0.3 is 12.0 Å². The first-order valence-corrected chi connectivity index (χ1v) is 7.18. The van der Waals surface area contributed by atoms with Gasteiger partial charge in [-0.15, -0.1) is 0 Å². The van der Waals surface area contributed by atoms with Crippen molar-refractivity contribution in [3.05, 3.63) is 0 Å². The van der Waals surface area contributed by atoms with Crippen molar-refractivity contribution >= 4 is 23.8 Å². The fourth-order valence-electron chi connectivity index (χ4n) is 1.28. The van der Waals surface area contributed by atoms with Crippen LogP contribution in [0.1, 0.15) is 26.2 Å². The molecule has 0 aliphatic heterocycles. The van der Waals surface area contributed by atoms with Gasteiger partial charge < -0.3 is 15.7 Å². The van der Waals surface area contributed by atoms with Crippen molar-refractivity contribution in [2.75, 3.05) is 25.1 Å². The van der Waals surface area contributed by atoms with Gasteiger partial charge in [-0.2, -0.15) is 11.8 Å². The van der Waals surface area contributed by atoms with Crippen molar-refractivity contribution in [1.82, 2.24) is 10.6 Å². The summed E-state index contributed by atoms with van der Waals surface area (Å²) in [5.74, 6) is 0.458. The van der Waals surface area contributed by atoms with Gasteiger partial charge in [0.25, 0.3) is 0 Å². The number of aliphatic carboxylic acids is 1. The van der Waals surface area contributed by atoms with Gasteiger partial charge in [-0.1, -0.05) is 6.92 Å². The molecule has 0 spiro atoms. The normalized spacial score (nSPS) is 11.9. The topological polar surface area (TPSA) is 78.4 Å². The maximum absolute atomic E-state index is 11.2. The molecule has 3 N–H and O–H groups in total. The number of amides is 2. The van der Waals surface area contributed by atoms with Crippen LogP contribution in [-0.2, 0) is 4.79 Å². The zero-order valence-electron chi connectivity index (χ0n) is 10.5. The van der Waals surface area contributed by atoms with E-state index in [1.165, 1.54) is 0 Å². The smallest absolute Gasteiger partial charge is 0.314 e. The quantitative estimate of drug-likeness (QED) is 0.551. The van der Waals surface area contributed by atoms with Crippen molar-refractivity contribution in [2.45, 2.75) is 26.2 Å². The van der Waals surface area contributed by atoms with E-state index in [9.17, 15) is 9.59 Å². The van der Waals surface area contributed by atoms with Crippen molar-refractivity contribution in [3.8, 4) is 0 Å². The molecule has 2 amide bonds. The molecule has 0 saturated carbocycles. The Labute approximate surface area is 107 Å². The summed E-state index contributed by atoms with van der Waals surface area (Å²) in [6.45, 7) is 3.25. The maximum Gasteiger partial charge on any atom is 0.314 e. The second-order valence-corrected chi connectivity index (χ2v) is 4.99. The van der Waals surface area contributed by atoms with E-state index in [0.717, 1.165) is 12.2 Å². The summed E-state index contributed by atoms with van der Waals surface area (Å²) in [5.41, 5.74) is 0. The molecule has 0 radical (unpaired) electrons. The lowest BCUT2D eigenvalue weighted by molar-refractivity contribution is -0.137. The molecule has 0 aromatic carbocycles. The average molecular weight is 262 g/mol. The van der Waals surface area contributed by atoms with Crippen LogP contribution >= 0.6 is 11.8 Å². The molecule has 17 heavy (non-hydrogen) atoms. The molecule has 0 bridgehead atoms. The number of carbonyl (C=O) groups excluding carboxylic acids is 1. The molecule has 100 valence electrons. The average Bonchev–Trinajstić information content (AvgIpc) is 2.27. The molecule has 1 atom stereocenters. The predicted octanol–water partition coefficient (Wildman–Crippen LogP) is 1.54. The minimum Gasteiger partial charge on any atom is -0.481 e. The third kappa shape index (κ3) is 11.4. The van der Waals surface area contributed by atoms with Gasteiger partial charge in [-0.05, 0) is 25.0 Å². The van der Waals surface area contributed by atoms with Gasteiger partial charge in [0.05, 0.1) is 0 Å². The SMILES string of the molecule is CSCCNC(=O)NCCC(C)CCC(=O)O. The van der Waals surface area contributed by atoms with E-state index < -0.39 is 5.97 Å². The highest BCUT2D eigenvalue weighted by Crippen LogP contribution is 2.08. The highest BCUT2D eigenvalue weighted by Gasteiger charge is 2.06. The monoisotopic (exact) mass is 262 g/mol. The molecule has 0 rings (SSSR count). The Hall–Kier alpha value is -0.910. The Morgan fingerprint density at radius 3 is 2.47 bits per heavy atom. The van der Waals surface area contributed by atoms with Gasteiger partial charge in [-0.25, -0.2) is 4.79 Å². The predicted molar refractivity (Wildman–Crippen MR) is 70.4 cm³/mol. The zero-order chi connectivity index (χ0) is 13.1. The van der Waals surface area contributed by atoms with Crippen LogP contribution in [0.2, 0.25) is 0 Å². The summed E-state index contributed by atoms with van der Waals surface area (Å²) in [5, 5.41) is 14.0. The van der Waals surface area contributed by atoms with Crippen LogP contribution < -0.4 is 10.6 Å². The summed E-state index contributed by atoms with van der Waals surface area (Å²) in [4.78, 5) is 21.6. The zero-order valence-corrected chi connectivity index (χ0v) is 11.3. The second kappa shape index (κ2) is 10.3. The van der Waals surface area contributed by atoms with E-state index in [-0.39, 0.29) is 12.5 Å². The number of hydrogen-bond donors (Lipinski definition) is 3. The van der Waals surface area contributed by atoms with Crippen molar-refractivity contribution in [1.29, 1.82) is 0 Å². The fraction of sp³-hybridized carbons (Fsp3) is 0.818. The highest BCUT2D eigenvalue weighted by molar-refractivity contribution is 7.98. The number of thioether (sulfide) groups is 1. The van der Waals surface area contributed by atoms with Crippen LogP contribution in [0.4, 0.5) is 4.79 Å². The molecule has 0 fully saturated rings. The molecule has 6 heteroatoms. The van der Waals surface area contributed by atoms with Crippen LogP contribution in [-0.4, -0.2) is 42.2 Å². The molecule has 0 saturated heterocycles. The Kier molecular flexibility index (Phi) is 9.71. The first-order chi connectivity index (χ1) is 8.06. The van der Waals surface area contributed by atoms with E-state index >= 15 is 0 Å². The lowest BCUT2D eigenvalue weighted by Gasteiger charge is -2.11. The third-order valence-electron chi connectivity index (χ3n) is 2.37. The number of carboxylic acid groups (broad SMARTS) is 1. The number of urea groups is 1. The minimum atomic E-state index is -0.764. The van der Waals surface area contributed by atoms with Crippen LogP contribution in [0, 0.1) is 5.92 Å². The van der Waals surface area contributed by atoms with Crippen LogP contribution in [0.5, 0.6) is 0 Å².